The highest BCUT2D eigenvalue weighted by Gasteiger charge is 2.31. The van der Waals surface area contributed by atoms with Crippen LogP contribution < -0.4 is 0 Å². The molecule has 0 N–H and O–H groups in total. The Bertz CT molecular complexity index is 598. The lowest BCUT2D eigenvalue weighted by atomic mass is 10.1. The molecular formula is C17H21BrF3NO. The highest BCUT2D eigenvalue weighted by atomic mass is 79.9. The summed E-state index contributed by atoms with van der Waals surface area (Å²) in [6.07, 6.45) is -2.94. The predicted molar refractivity (Wildman–Crippen MR) is 89.9 cm³/mol. The molecule has 1 aromatic rings. The Hall–Kier alpha value is -1.30. The van der Waals surface area contributed by atoms with E-state index in [-0.39, 0.29) is 18.0 Å². The first-order valence-electron chi connectivity index (χ1n) is 7.32. The van der Waals surface area contributed by atoms with Crippen LogP contribution in [0.3, 0.4) is 0 Å². The number of benzene rings is 1. The van der Waals surface area contributed by atoms with Gasteiger partial charge in [-0.05, 0) is 64.5 Å². The summed E-state index contributed by atoms with van der Waals surface area (Å²) in [5.41, 5.74) is -0.00779. The molecule has 2 nitrogen and oxygen atoms in total. The fourth-order valence-corrected chi connectivity index (χ4v) is 2.95. The number of amides is 1. The first-order valence-corrected chi connectivity index (χ1v) is 8.11. The fourth-order valence-electron chi connectivity index (χ4n) is 2.44. The zero-order valence-corrected chi connectivity index (χ0v) is 15.4. The third kappa shape index (κ3) is 5.37. The number of carbonyl (C=O) groups excluding carboxylic acids is 1. The second kappa shape index (κ2) is 7.51. The molecule has 0 fully saturated rings. The molecule has 1 aromatic carbocycles. The van der Waals surface area contributed by atoms with Crippen molar-refractivity contribution in [3.8, 4) is 0 Å². The van der Waals surface area contributed by atoms with Crippen molar-refractivity contribution < 1.29 is 18.0 Å². The SMILES string of the molecule is C/C(=C/c1cc(Br)cc(C(F)(F)F)c1)C(=O)N(C(C)C)C(C)C. The Morgan fingerprint density at radius 2 is 1.65 bits per heavy atom. The Morgan fingerprint density at radius 3 is 2.09 bits per heavy atom. The van der Waals surface area contributed by atoms with Gasteiger partial charge in [-0.15, -0.1) is 0 Å². The quantitative estimate of drug-likeness (QED) is 0.619. The standard InChI is InChI=1S/C17H21BrF3NO/c1-10(2)22(11(3)4)16(23)12(5)6-13-7-14(17(19,20)21)9-15(18)8-13/h6-11H,1-5H3/b12-6-. The number of nitrogens with zero attached hydrogens (tertiary/aromatic N) is 1. The summed E-state index contributed by atoms with van der Waals surface area (Å²) in [5.74, 6) is -0.177. The van der Waals surface area contributed by atoms with E-state index >= 15 is 0 Å². The molecule has 1 rings (SSSR count). The Kier molecular flexibility index (Phi) is 6.45. The second-order valence-corrected chi connectivity index (χ2v) is 6.91. The van der Waals surface area contributed by atoms with Crippen LogP contribution >= 0.6 is 15.9 Å². The average molecular weight is 392 g/mol. The zero-order valence-electron chi connectivity index (χ0n) is 13.8. The van der Waals surface area contributed by atoms with E-state index in [0.717, 1.165) is 12.1 Å². The van der Waals surface area contributed by atoms with Gasteiger partial charge in [0.2, 0.25) is 5.91 Å². The highest BCUT2D eigenvalue weighted by Crippen LogP contribution is 2.32. The molecule has 0 heterocycles. The van der Waals surface area contributed by atoms with Crippen LogP contribution in [-0.2, 0) is 11.0 Å². The average Bonchev–Trinajstić information content (AvgIpc) is 2.35. The van der Waals surface area contributed by atoms with Crippen LogP contribution in [0.4, 0.5) is 13.2 Å². The van der Waals surface area contributed by atoms with Crippen LogP contribution in [0.1, 0.15) is 45.7 Å². The molecule has 0 spiro atoms. The summed E-state index contributed by atoms with van der Waals surface area (Å²) in [4.78, 5) is 14.2. The first-order chi connectivity index (χ1) is 10.4. The van der Waals surface area contributed by atoms with E-state index in [9.17, 15) is 18.0 Å². The third-order valence-corrected chi connectivity index (χ3v) is 3.77. The first kappa shape index (κ1) is 19.7. The highest BCUT2D eigenvalue weighted by molar-refractivity contribution is 9.10. The van der Waals surface area contributed by atoms with E-state index in [1.54, 1.807) is 17.9 Å². The maximum Gasteiger partial charge on any atom is 0.416 e. The number of hydrogen-bond donors (Lipinski definition) is 0. The Balaban J connectivity index is 3.20. The molecule has 0 aromatic heterocycles. The molecule has 0 unspecified atom stereocenters. The van der Waals surface area contributed by atoms with Crippen molar-refractivity contribution in [2.45, 2.75) is 52.9 Å². The number of rotatable bonds is 4. The predicted octanol–water partition coefficient (Wildman–Crippen LogP) is 5.52. The largest absolute Gasteiger partial charge is 0.416 e. The van der Waals surface area contributed by atoms with E-state index in [2.05, 4.69) is 15.9 Å². The van der Waals surface area contributed by atoms with Crippen LogP contribution in [-0.4, -0.2) is 22.9 Å². The topological polar surface area (TPSA) is 20.3 Å². The van der Waals surface area contributed by atoms with Crippen molar-refractivity contribution in [3.05, 3.63) is 39.4 Å². The molecule has 0 aliphatic heterocycles. The number of halogens is 4. The molecule has 0 aliphatic rings. The molecule has 0 atom stereocenters. The molecular weight excluding hydrogens is 371 g/mol. The third-order valence-electron chi connectivity index (χ3n) is 3.32. The molecule has 0 saturated heterocycles. The van der Waals surface area contributed by atoms with Crippen LogP contribution in [0.25, 0.3) is 6.08 Å². The van der Waals surface area contributed by atoms with Crippen LogP contribution in [0.2, 0.25) is 0 Å². The Morgan fingerprint density at radius 1 is 1.13 bits per heavy atom. The van der Waals surface area contributed by atoms with Gasteiger partial charge in [0.25, 0.3) is 0 Å². The van der Waals surface area contributed by atoms with Crippen molar-refractivity contribution in [2.75, 3.05) is 0 Å². The van der Waals surface area contributed by atoms with Crippen LogP contribution in [0.15, 0.2) is 28.2 Å². The summed E-state index contributed by atoms with van der Waals surface area (Å²) < 4.78 is 38.9. The van der Waals surface area contributed by atoms with E-state index < -0.39 is 11.7 Å². The van der Waals surface area contributed by atoms with E-state index in [1.807, 2.05) is 27.7 Å². The van der Waals surface area contributed by atoms with Crippen LogP contribution in [0.5, 0.6) is 0 Å². The summed E-state index contributed by atoms with van der Waals surface area (Å²) in [6.45, 7) is 9.25. The number of carbonyl (C=O) groups is 1. The van der Waals surface area contributed by atoms with Gasteiger partial charge < -0.3 is 4.90 Å². The van der Waals surface area contributed by atoms with Crippen molar-refractivity contribution >= 4 is 27.9 Å². The van der Waals surface area contributed by atoms with E-state index in [1.165, 1.54) is 6.08 Å². The van der Waals surface area contributed by atoms with Gasteiger partial charge in [-0.2, -0.15) is 13.2 Å². The van der Waals surface area contributed by atoms with E-state index in [4.69, 9.17) is 0 Å². The van der Waals surface area contributed by atoms with Crippen molar-refractivity contribution in [1.82, 2.24) is 4.90 Å². The maximum atomic E-state index is 12.9. The summed E-state index contributed by atoms with van der Waals surface area (Å²) in [5, 5.41) is 0. The molecule has 128 valence electrons. The van der Waals surface area contributed by atoms with Gasteiger partial charge in [-0.1, -0.05) is 15.9 Å². The maximum absolute atomic E-state index is 12.9. The smallest absolute Gasteiger partial charge is 0.334 e. The van der Waals surface area contributed by atoms with Gasteiger partial charge in [0, 0.05) is 22.1 Å². The minimum atomic E-state index is -4.42. The summed E-state index contributed by atoms with van der Waals surface area (Å²) in [6, 6.07) is 3.64. The normalized spacial score (nSPS) is 12.9. The zero-order chi connectivity index (χ0) is 17.9. The minimum absolute atomic E-state index is 0.0131. The van der Waals surface area contributed by atoms with E-state index in [0.29, 0.717) is 15.6 Å². The molecule has 0 bridgehead atoms. The van der Waals surface area contributed by atoms with Gasteiger partial charge in [-0.25, -0.2) is 0 Å². The van der Waals surface area contributed by atoms with Crippen molar-refractivity contribution in [2.24, 2.45) is 0 Å². The fraction of sp³-hybridized carbons (Fsp3) is 0.471. The van der Waals surface area contributed by atoms with Gasteiger partial charge in [0.05, 0.1) is 5.56 Å². The lowest BCUT2D eigenvalue weighted by molar-refractivity contribution is -0.137. The van der Waals surface area contributed by atoms with Gasteiger partial charge >= 0.3 is 6.18 Å². The minimum Gasteiger partial charge on any atom is -0.334 e. The van der Waals surface area contributed by atoms with Gasteiger partial charge in [0.15, 0.2) is 0 Å². The molecule has 1 amide bonds. The van der Waals surface area contributed by atoms with Gasteiger partial charge in [-0.3, -0.25) is 4.79 Å². The molecule has 23 heavy (non-hydrogen) atoms. The number of hydrogen-bond acceptors (Lipinski definition) is 1. The Labute approximate surface area is 143 Å². The number of alkyl halides is 3. The molecule has 0 radical (unpaired) electrons. The second-order valence-electron chi connectivity index (χ2n) is 6.00. The van der Waals surface area contributed by atoms with Crippen molar-refractivity contribution in [1.29, 1.82) is 0 Å². The van der Waals surface area contributed by atoms with Crippen molar-refractivity contribution in [3.63, 3.8) is 0 Å². The molecule has 6 heteroatoms. The lowest BCUT2D eigenvalue weighted by Gasteiger charge is -2.31. The summed E-state index contributed by atoms with van der Waals surface area (Å²) >= 11 is 3.08. The van der Waals surface area contributed by atoms with Crippen LogP contribution in [0, 0.1) is 0 Å². The lowest BCUT2D eigenvalue weighted by Crippen LogP contribution is -2.42. The molecule has 0 saturated carbocycles. The molecule has 0 aliphatic carbocycles. The van der Waals surface area contributed by atoms with Gasteiger partial charge in [0.1, 0.15) is 0 Å². The summed E-state index contributed by atoms with van der Waals surface area (Å²) in [7, 11) is 0. The monoisotopic (exact) mass is 391 g/mol.